The first-order valence-corrected chi connectivity index (χ1v) is 7.94. The van der Waals surface area contributed by atoms with Gasteiger partial charge in [0.05, 0.1) is 6.54 Å². The lowest BCUT2D eigenvalue weighted by atomic mass is 9.96. The minimum absolute atomic E-state index is 0.145. The van der Waals surface area contributed by atoms with Gasteiger partial charge in [-0.25, -0.2) is 0 Å². The number of rotatable bonds is 4. The maximum Gasteiger partial charge on any atom is 0.305 e. The smallest absolute Gasteiger partial charge is 0.305 e. The van der Waals surface area contributed by atoms with Gasteiger partial charge in [0.2, 0.25) is 0 Å². The minimum Gasteiger partial charge on any atom is -0.444 e. The summed E-state index contributed by atoms with van der Waals surface area (Å²) in [6, 6.07) is 3.15. The Balaban J connectivity index is 1.73. The fraction of sp³-hybridized carbons (Fsp3) is 0.571. The number of piperidine rings is 1. The van der Waals surface area contributed by atoms with Gasteiger partial charge in [0.1, 0.15) is 0 Å². The van der Waals surface area contributed by atoms with E-state index in [0.29, 0.717) is 17.1 Å². The largest absolute Gasteiger partial charge is 0.444 e. The SMILES string of the molecule is CC[C@H]1CCCN(CC(=O)NNC(=O)c2ccc(Br)o2)C1. The molecule has 2 heterocycles. The van der Waals surface area contributed by atoms with Gasteiger partial charge < -0.3 is 4.42 Å². The first-order chi connectivity index (χ1) is 10.1. The van der Waals surface area contributed by atoms with Gasteiger partial charge in [0.25, 0.3) is 5.91 Å². The molecule has 21 heavy (non-hydrogen) atoms. The second kappa shape index (κ2) is 7.61. The van der Waals surface area contributed by atoms with Crippen molar-refractivity contribution in [1.82, 2.24) is 15.8 Å². The number of nitrogens with one attached hydrogen (secondary N) is 2. The molecular weight excluding hydrogens is 338 g/mol. The molecular formula is C14H20BrN3O3. The molecule has 116 valence electrons. The molecule has 0 aromatic carbocycles. The highest BCUT2D eigenvalue weighted by molar-refractivity contribution is 9.10. The molecule has 1 saturated heterocycles. The molecule has 6 nitrogen and oxygen atoms in total. The van der Waals surface area contributed by atoms with Crippen LogP contribution in [-0.2, 0) is 4.79 Å². The first kappa shape index (κ1) is 16.0. The molecule has 0 aliphatic carbocycles. The number of hydrogen-bond donors (Lipinski definition) is 2. The predicted octanol–water partition coefficient (Wildman–Crippen LogP) is 1.93. The highest BCUT2D eigenvalue weighted by atomic mass is 79.9. The van der Waals surface area contributed by atoms with Gasteiger partial charge in [0.15, 0.2) is 10.4 Å². The van der Waals surface area contributed by atoms with E-state index in [1.54, 1.807) is 6.07 Å². The number of carbonyl (C=O) groups excluding carboxylic acids is 2. The molecule has 1 aromatic heterocycles. The highest BCUT2D eigenvalue weighted by Gasteiger charge is 2.20. The number of hydrogen-bond acceptors (Lipinski definition) is 4. The zero-order valence-corrected chi connectivity index (χ0v) is 13.6. The zero-order chi connectivity index (χ0) is 15.2. The van der Waals surface area contributed by atoms with E-state index >= 15 is 0 Å². The maximum atomic E-state index is 11.8. The van der Waals surface area contributed by atoms with Crippen LogP contribution in [0.25, 0.3) is 0 Å². The lowest BCUT2D eigenvalue weighted by molar-refractivity contribution is -0.123. The van der Waals surface area contributed by atoms with E-state index in [1.807, 2.05) is 0 Å². The van der Waals surface area contributed by atoms with Crippen molar-refractivity contribution in [1.29, 1.82) is 0 Å². The van der Waals surface area contributed by atoms with Crippen LogP contribution in [0.5, 0.6) is 0 Å². The Morgan fingerprint density at radius 1 is 1.43 bits per heavy atom. The van der Waals surface area contributed by atoms with E-state index in [4.69, 9.17) is 4.42 Å². The van der Waals surface area contributed by atoms with E-state index in [1.165, 1.54) is 12.5 Å². The van der Waals surface area contributed by atoms with Crippen molar-refractivity contribution in [3.05, 3.63) is 22.6 Å². The molecule has 1 aliphatic rings. The zero-order valence-electron chi connectivity index (χ0n) is 12.0. The topological polar surface area (TPSA) is 74.6 Å². The number of halogens is 1. The van der Waals surface area contributed by atoms with Crippen LogP contribution < -0.4 is 10.9 Å². The van der Waals surface area contributed by atoms with E-state index in [0.717, 1.165) is 25.9 Å². The average Bonchev–Trinajstić information content (AvgIpc) is 2.91. The monoisotopic (exact) mass is 357 g/mol. The van der Waals surface area contributed by atoms with Crippen LogP contribution in [0.3, 0.4) is 0 Å². The number of nitrogens with zero attached hydrogens (tertiary/aromatic N) is 1. The Hall–Kier alpha value is -1.34. The lowest BCUT2D eigenvalue weighted by Crippen LogP contribution is -2.48. The fourth-order valence-corrected chi connectivity index (χ4v) is 2.80. The van der Waals surface area contributed by atoms with Crippen molar-refractivity contribution in [3.8, 4) is 0 Å². The van der Waals surface area contributed by atoms with Crippen LogP contribution in [0.4, 0.5) is 0 Å². The van der Waals surface area contributed by atoms with Gasteiger partial charge in [0, 0.05) is 6.54 Å². The molecule has 1 aliphatic heterocycles. The van der Waals surface area contributed by atoms with E-state index in [9.17, 15) is 9.59 Å². The van der Waals surface area contributed by atoms with Crippen molar-refractivity contribution in [2.24, 2.45) is 5.92 Å². The summed E-state index contributed by atoms with van der Waals surface area (Å²) < 4.78 is 5.57. The summed E-state index contributed by atoms with van der Waals surface area (Å²) in [4.78, 5) is 25.7. The Labute approximate surface area is 132 Å². The molecule has 1 fully saturated rings. The Morgan fingerprint density at radius 2 is 2.24 bits per heavy atom. The summed E-state index contributed by atoms with van der Waals surface area (Å²) in [7, 11) is 0. The predicted molar refractivity (Wildman–Crippen MR) is 81.5 cm³/mol. The van der Waals surface area contributed by atoms with E-state index < -0.39 is 5.91 Å². The van der Waals surface area contributed by atoms with E-state index in [2.05, 4.69) is 38.6 Å². The van der Waals surface area contributed by atoms with Crippen molar-refractivity contribution in [3.63, 3.8) is 0 Å². The number of furan rings is 1. The van der Waals surface area contributed by atoms with Crippen LogP contribution in [0.15, 0.2) is 21.2 Å². The summed E-state index contributed by atoms with van der Waals surface area (Å²) in [5, 5.41) is 0. The standard InChI is InChI=1S/C14H20BrN3O3/c1-2-10-4-3-7-18(8-10)9-13(19)16-17-14(20)11-5-6-12(15)21-11/h5-6,10H,2-4,7-9H2,1H3,(H,16,19)(H,17,20)/t10-/m0/s1. The number of hydrazine groups is 1. The summed E-state index contributed by atoms with van der Waals surface area (Å²) in [6.07, 6.45) is 3.50. The van der Waals surface area contributed by atoms with Crippen molar-refractivity contribution < 1.29 is 14.0 Å². The average molecular weight is 358 g/mol. The molecule has 7 heteroatoms. The molecule has 0 spiro atoms. The van der Waals surface area contributed by atoms with Crippen LogP contribution in [0.1, 0.15) is 36.7 Å². The van der Waals surface area contributed by atoms with Crippen molar-refractivity contribution >= 4 is 27.7 Å². The highest BCUT2D eigenvalue weighted by Crippen LogP contribution is 2.18. The fourth-order valence-electron chi connectivity index (χ4n) is 2.50. The Morgan fingerprint density at radius 3 is 2.90 bits per heavy atom. The van der Waals surface area contributed by atoms with Gasteiger partial charge in [-0.3, -0.25) is 25.3 Å². The molecule has 0 unspecified atom stereocenters. The Kier molecular flexibility index (Phi) is 5.81. The van der Waals surface area contributed by atoms with Gasteiger partial charge in [-0.15, -0.1) is 0 Å². The number of likely N-dealkylation sites (tertiary alicyclic amines) is 1. The molecule has 0 bridgehead atoms. The second-order valence-corrected chi connectivity index (χ2v) is 6.04. The summed E-state index contributed by atoms with van der Waals surface area (Å²) in [5.41, 5.74) is 4.76. The number of carbonyl (C=O) groups is 2. The van der Waals surface area contributed by atoms with Gasteiger partial charge >= 0.3 is 5.91 Å². The molecule has 2 rings (SSSR count). The summed E-state index contributed by atoms with van der Waals surface area (Å²) in [6.45, 7) is 4.36. The van der Waals surface area contributed by atoms with Crippen molar-refractivity contribution in [2.45, 2.75) is 26.2 Å². The second-order valence-electron chi connectivity index (χ2n) is 5.26. The first-order valence-electron chi connectivity index (χ1n) is 7.15. The van der Waals surface area contributed by atoms with Crippen LogP contribution in [0.2, 0.25) is 0 Å². The van der Waals surface area contributed by atoms with Crippen LogP contribution >= 0.6 is 15.9 Å². The van der Waals surface area contributed by atoms with Crippen molar-refractivity contribution in [2.75, 3.05) is 19.6 Å². The molecule has 2 N–H and O–H groups in total. The normalized spacial score (nSPS) is 19.2. The minimum atomic E-state index is -0.473. The third kappa shape index (κ3) is 4.86. The number of amides is 2. The molecule has 2 amide bonds. The van der Waals surface area contributed by atoms with Gasteiger partial charge in [-0.05, 0) is 53.4 Å². The third-order valence-electron chi connectivity index (χ3n) is 3.66. The molecule has 0 radical (unpaired) electrons. The third-order valence-corrected chi connectivity index (χ3v) is 4.09. The summed E-state index contributed by atoms with van der Waals surface area (Å²) in [5.74, 6) is 0.123. The molecule has 1 atom stereocenters. The summed E-state index contributed by atoms with van der Waals surface area (Å²) >= 11 is 3.12. The van der Waals surface area contributed by atoms with Gasteiger partial charge in [-0.1, -0.05) is 13.3 Å². The molecule has 1 aromatic rings. The van der Waals surface area contributed by atoms with Crippen LogP contribution in [0, 0.1) is 5.92 Å². The lowest BCUT2D eigenvalue weighted by Gasteiger charge is -2.31. The molecule has 0 saturated carbocycles. The maximum absolute atomic E-state index is 11.8. The van der Waals surface area contributed by atoms with E-state index in [-0.39, 0.29) is 11.7 Å². The van der Waals surface area contributed by atoms with Gasteiger partial charge in [-0.2, -0.15) is 0 Å². The quantitative estimate of drug-likeness (QED) is 0.807. The Bertz CT molecular complexity index is 503. The van der Waals surface area contributed by atoms with Crippen LogP contribution in [-0.4, -0.2) is 36.3 Å².